The number of non-ortho nitro benzene ring substituents is 1. The number of benzene rings is 1. The zero-order valence-electron chi connectivity index (χ0n) is 14.9. The number of carbonyl (C=O) groups excluding carboxylic acids is 1. The molecule has 1 aliphatic rings. The molecule has 1 saturated heterocycles. The molecule has 1 aromatic carbocycles. The van der Waals surface area contributed by atoms with Crippen LogP contribution < -0.4 is 0 Å². The lowest BCUT2D eigenvalue weighted by Crippen LogP contribution is -2.35. The number of nitro benzene ring substituents is 1. The van der Waals surface area contributed by atoms with E-state index in [0.717, 1.165) is 12.2 Å². The van der Waals surface area contributed by atoms with Crippen molar-refractivity contribution in [2.45, 2.75) is 38.0 Å². The van der Waals surface area contributed by atoms with Gasteiger partial charge in [0.1, 0.15) is 11.1 Å². The molecule has 2 heterocycles. The number of amides is 1. The van der Waals surface area contributed by atoms with Crippen LogP contribution in [0.2, 0.25) is 0 Å². The largest absolute Gasteiger partial charge is 0.444 e. The Morgan fingerprint density at radius 1 is 1.50 bits per heavy atom. The average Bonchev–Trinajstić information content (AvgIpc) is 3.17. The number of ether oxygens (including phenoxy) is 1. The highest BCUT2D eigenvalue weighted by molar-refractivity contribution is 7.99. The maximum Gasteiger partial charge on any atom is 0.410 e. The van der Waals surface area contributed by atoms with Gasteiger partial charge in [-0.1, -0.05) is 11.8 Å². The Kier molecular flexibility index (Phi) is 5.08. The van der Waals surface area contributed by atoms with E-state index in [1.54, 1.807) is 11.0 Å². The standard InChI is InChI=1S/C17H21N3O5S/c1-17(2,3)25-16(21)19-7-6-11(9-19)10-26-15-18-13-8-12(20(22)23)4-5-14(13)24-15/h4-5,8,11H,6-7,9-10H2,1-3H3. The molecular formula is C17H21N3O5S. The van der Waals surface area contributed by atoms with E-state index < -0.39 is 10.5 Å². The van der Waals surface area contributed by atoms with Crippen LogP contribution in [0.15, 0.2) is 27.8 Å². The smallest absolute Gasteiger partial charge is 0.410 e. The number of aromatic nitrogens is 1. The van der Waals surface area contributed by atoms with Gasteiger partial charge in [0, 0.05) is 31.0 Å². The summed E-state index contributed by atoms with van der Waals surface area (Å²) in [6.07, 6.45) is 0.622. The minimum Gasteiger partial charge on any atom is -0.444 e. The fourth-order valence-electron chi connectivity index (χ4n) is 2.72. The highest BCUT2D eigenvalue weighted by Gasteiger charge is 2.30. The van der Waals surface area contributed by atoms with Crippen molar-refractivity contribution in [2.24, 2.45) is 5.92 Å². The van der Waals surface area contributed by atoms with E-state index in [-0.39, 0.29) is 11.8 Å². The van der Waals surface area contributed by atoms with Gasteiger partial charge in [-0.3, -0.25) is 10.1 Å². The fraction of sp³-hybridized carbons (Fsp3) is 0.529. The number of hydrogen-bond acceptors (Lipinski definition) is 7. The van der Waals surface area contributed by atoms with Crippen LogP contribution in [0.3, 0.4) is 0 Å². The lowest BCUT2D eigenvalue weighted by molar-refractivity contribution is -0.384. The van der Waals surface area contributed by atoms with E-state index in [1.165, 1.54) is 23.9 Å². The summed E-state index contributed by atoms with van der Waals surface area (Å²) in [6, 6.07) is 4.37. The molecular weight excluding hydrogens is 358 g/mol. The zero-order valence-corrected chi connectivity index (χ0v) is 15.7. The summed E-state index contributed by atoms with van der Waals surface area (Å²) in [5.41, 5.74) is 0.500. The van der Waals surface area contributed by atoms with Gasteiger partial charge in [0.2, 0.25) is 0 Å². The maximum atomic E-state index is 12.1. The molecule has 1 atom stereocenters. The predicted molar refractivity (Wildman–Crippen MR) is 97.3 cm³/mol. The molecule has 0 aliphatic carbocycles. The number of thioether (sulfide) groups is 1. The molecule has 9 heteroatoms. The summed E-state index contributed by atoms with van der Waals surface area (Å²) in [5, 5.41) is 11.3. The van der Waals surface area contributed by atoms with Crippen molar-refractivity contribution in [1.29, 1.82) is 0 Å². The highest BCUT2D eigenvalue weighted by atomic mass is 32.2. The molecule has 3 rings (SSSR count). The number of rotatable bonds is 4. The van der Waals surface area contributed by atoms with Gasteiger partial charge in [0.25, 0.3) is 10.9 Å². The quantitative estimate of drug-likeness (QED) is 0.448. The van der Waals surface area contributed by atoms with E-state index in [4.69, 9.17) is 9.15 Å². The van der Waals surface area contributed by atoms with Gasteiger partial charge in [-0.15, -0.1) is 0 Å². The second-order valence-corrected chi connectivity index (χ2v) is 8.25. The van der Waals surface area contributed by atoms with Gasteiger partial charge in [-0.25, -0.2) is 9.78 Å². The van der Waals surface area contributed by atoms with Crippen LogP contribution in [0.1, 0.15) is 27.2 Å². The summed E-state index contributed by atoms with van der Waals surface area (Å²) < 4.78 is 11.0. The lowest BCUT2D eigenvalue weighted by Gasteiger charge is -2.24. The van der Waals surface area contributed by atoms with Crippen LogP contribution in [0.5, 0.6) is 0 Å². The van der Waals surface area contributed by atoms with Crippen molar-refractivity contribution in [3.05, 3.63) is 28.3 Å². The van der Waals surface area contributed by atoms with E-state index in [1.807, 2.05) is 20.8 Å². The van der Waals surface area contributed by atoms with Gasteiger partial charge in [-0.2, -0.15) is 0 Å². The SMILES string of the molecule is CC(C)(C)OC(=O)N1CCC(CSc2nc3cc([N+](=O)[O-])ccc3o2)C1. The molecule has 0 spiro atoms. The molecule has 26 heavy (non-hydrogen) atoms. The summed E-state index contributed by atoms with van der Waals surface area (Å²) in [5.74, 6) is 1.09. The van der Waals surface area contributed by atoms with E-state index in [2.05, 4.69) is 4.98 Å². The van der Waals surface area contributed by atoms with Crippen LogP contribution in [-0.2, 0) is 4.74 Å². The Labute approximate surface area is 155 Å². The van der Waals surface area contributed by atoms with Gasteiger partial charge < -0.3 is 14.1 Å². The topological polar surface area (TPSA) is 98.7 Å². The first-order valence-electron chi connectivity index (χ1n) is 8.37. The number of likely N-dealkylation sites (tertiary alicyclic amines) is 1. The summed E-state index contributed by atoms with van der Waals surface area (Å²) in [6.45, 7) is 6.89. The highest BCUT2D eigenvalue weighted by Crippen LogP contribution is 2.30. The predicted octanol–water partition coefficient (Wildman–Crippen LogP) is 4.09. The van der Waals surface area contributed by atoms with E-state index >= 15 is 0 Å². The Balaban J connectivity index is 1.56. The monoisotopic (exact) mass is 379 g/mol. The van der Waals surface area contributed by atoms with Crippen molar-refractivity contribution >= 4 is 34.6 Å². The normalized spacial score (nSPS) is 17.7. The first-order valence-corrected chi connectivity index (χ1v) is 9.35. The third-order valence-corrected chi connectivity index (χ3v) is 5.00. The zero-order chi connectivity index (χ0) is 18.9. The van der Waals surface area contributed by atoms with Crippen LogP contribution in [0.25, 0.3) is 11.1 Å². The first kappa shape index (κ1) is 18.5. The molecule has 0 N–H and O–H groups in total. The van der Waals surface area contributed by atoms with Gasteiger partial charge in [-0.05, 0) is 39.2 Å². The Morgan fingerprint density at radius 3 is 2.96 bits per heavy atom. The van der Waals surface area contributed by atoms with Crippen molar-refractivity contribution in [3.8, 4) is 0 Å². The summed E-state index contributed by atoms with van der Waals surface area (Å²) >= 11 is 1.46. The van der Waals surface area contributed by atoms with Gasteiger partial charge in [0.15, 0.2) is 5.58 Å². The molecule has 140 valence electrons. The summed E-state index contributed by atoms with van der Waals surface area (Å²) in [7, 11) is 0. The van der Waals surface area contributed by atoms with Crippen LogP contribution in [-0.4, -0.2) is 45.3 Å². The van der Waals surface area contributed by atoms with Crippen molar-refractivity contribution in [3.63, 3.8) is 0 Å². The number of nitro groups is 1. The fourth-order valence-corrected chi connectivity index (χ4v) is 3.68. The number of oxazole rings is 1. The number of nitrogens with zero attached hydrogens (tertiary/aromatic N) is 3. The molecule has 1 unspecified atom stereocenters. The number of fused-ring (bicyclic) bond motifs is 1. The molecule has 1 aromatic heterocycles. The average molecular weight is 379 g/mol. The van der Waals surface area contributed by atoms with E-state index in [9.17, 15) is 14.9 Å². The molecule has 1 amide bonds. The third kappa shape index (κ3) is 4.46. The van der Waals surface area contributed by atoms with Crippen molar-refractivity contribution < 1.29 is 18.9 Å². The molecule has 1 aliphatic heterocycles. The second-order valence-electron chi connectivity index (χ2n) is 7.28. The molecule has 0 bridgehead atoms. The third-order valence-electron chi connectivity index (χ3n) is 3.94. The second kappa shape index (κ2) is 7.14. The molecule has 2 aromatic rings. The Morgan fingerprint density at radius 2 is 2.27 bits per heavy atom. The van der Waals surface area contributed by atoms with Crippen molar-refractivity contribution in [1.82, 2.24) is 9.88 Å². The van der Waals surface area contributed by atoms with Crippen LogP contribution in [0.4, 0.5) is 10.5 Å². The molecule has 1 fully saturated rings. The number of carbonyl (C=O) groups is 1. The van der Waals surface area contributed by atoms with Gasteiger partial charge >= 0.3 is 6.09 Å². The minimum absolute atomic E-state index is 0.00820. The molecule has 0 radical (unpaired) electrons. The van der Waals surface area contributed by atoms with Crippen molar-refractivity contribution in [2.75, 3.05) is 18.8 Å². The maximum absolute atomic E-state index is 12.1. The van der Waals surface area contributed by atoms with Crippen LogP contribution in [0, 0.1) is 16.0 Å². The molecule has 0 saturated carbocycles. The number of hydrogen-bond donors (Lipinski definition) is 0. The molecule has 8 nitrogen and oxygen atoms in total. The Bertz CT molecular complexity index is 829. The summed E-state index contributed by atoms with van der Waals surface area (Å²) in [4.78, 5) is 28.5. The first-order chi connectivity index (χ1) is 12.2. The van der Waals surface area contributed by atoms with Gasteiger partial charge in [0.05, 0.1) is 4.92 Å². The Hall–Kier alpha value is -2.29. The minimum atomic E-state index is -0.495. The lowest BCUT2D eigenvalue weighted by atomic mass is 10.2. The van der Waals surface area contributed by atoms with Crippen LogP contribution >= 0.6 is 11.8 Å². The van der Waals surface area contributed by atoms with E-state index in [0.29, 0.717) is 35.3 Å².